The Hall–Kier alpha value is -0.670. The normalized spacial score (nSPS) is 49.6. The molecular formula is C16H24O3. The smallest absolute Gasteiger partial charge is 0.144 e. The zero-order chi connectivity index (χ0) is 13.6. The standard InChI is InChI=1S/C16H24O3/c1-10-13-8-9-16(19-13,11(2)15(10)17)12-6-4-5-7-14(12)18-3/h8-14H,4-7H2,1-3H3/t10-,11-,12-,13+,14-,16-/m0/s1. The fourth-order valence-corrected chi connectivity index (χ4v) is 4.28. The SMILES string of the molecule is CO[C@H]1CCCC[C@@H]1[C@@]12C=C[C@@H](O1)[C@H](C)C(=O)[C@@H]2C. The molecule has 0 radical (unpaired) electrons. The van der Waals surface area contributed by atoms with Crippen LogP contribution in [-0.4, -0.2) is 30.7 Å². The Morgan fingerprint density at radius 2 is 2.05 bits per heavy atom. The van der Waals surface area contributed by atoms with E-state index in [0.29, 0.717) is 11.7 Å². The number of carbonyl (C=O) groups is 1. The third kappa shape index (κ3) is 1.82. The largest absolute Gasteiger partial charge is 0.381 e. The molecule has 1 saturated heterocycles. The van der Waals surface area contributed by atoms with E-state index in [1.54, 1.807) is 7.11 Å². The highest BCUT2D eigenvalue weighted by atomic mass is 16.5. The highest BCUT2D eigenvalue weighted by Gasteiger charge is 2.57. The molecule has 0 unspecified atom stereocenters. The van der Waals surface area contributed by atoms with Gasteiger partial charge in [0, 0.05) is 24.9 Å². The van der Waals surface area contributed by atoms with E-state index < -0.39 is 5.60 Å². The van der Waals surface area contributed by atoms with Crippen LogP contribution in [0.4, 0.5) is 0 Å². The lowest BCUT2D eigenvalue weighted by Crippen LogP contribution is -2.57. The molecular weight excluding hydrogens is 240 g/mol. The number of Topliss-reactive ketones (excluding diaryl/α,β-unsaturated/α-hetero) is 1. The predicted octanol–water partition coefficient (Wildman–Crippen LogP) is 2.74. The summed E-state index contributed by atoms with van der Waals surface area (Å²) < 4.78 is 12.0. The Labute approximate surface area is 115 Å². The van der Waals surface area contributed by atoms with Crippen molar-refractivity contribution in [1.29, 1.82) is 0 Å². The van der Waals surface area contributed by atoms with Crippen molar-refractivity contribution in [3.63, 3.8) is 0 Å². The summed E-state index contributed by atoms with van der Waals surface area (Å²) in [5, 5.41) is 0. The molecule has 2 bridgehead atoms. The van der Waals surface area contributed by atoms with Gasteiger partial charge < -0.3 is 9.47 Å². The number of fused-ring (bicyclic) bond motifs is 2. The second kappa shape index (κ2) is 4.71. The number of carbonyl (C=O) groups excluding carboxylic acids is 1. The molecule has 2 aliphatic heterocycles. The number of rotatable bonds is 2. The molecule has 106 valence electrons. The Kier molecular flexibility index (Phi) is 3.30. The fraction of sp³-hybridized carbons (Fsp3) is 0.812. The van der Waals surface area contributed by atoms with Gasteiger partial charge in [-0.05, 0) is 12.8 Å². The van der Waals surface area contributed by atoms with Crippen LogP contribution in [0.5, 0.6) is 0 Å². The summed E-state index contributed by atoms with van der Waals surface area (Å²) in [5.74, 6) is 0.602. The van der Waals surface area contributed by atoms with Gasteiger partial charge in [-0.15, -0.1) is 0 Å². The third-order valence-electron chi connectivity index (χ3n) is 5.52. The van der Waals surface area contributed by atoms with E-state index in [1.165, 1.54) is 12.8 Å². The summed E-state index contributed by atoms with van der Waals surface area (Å²) in [6.45, 7) is 4.02. The van der Waals surface area contributed by atoms with Crippen LogP contribution >= 0.6 is 0 Å². The Morgan fingerprint density at radius 1 is 1.32 bits per heavy atom. The number of ketones is 1. The first kappa shape index (κ1) is 13.3. The van der Waals surface area contributed by atoms with Crippen LogP contribution in [0.25, 0.3) is 0 Å². The number of methoxy groups -OCH3 is 1. The van der Waals surface area contributed by atoms with Crippen molar-refractivity contribution in [3.05, 3.63) is 12.2 Å². The molecule has 3 nitrogen and oxygen atoms in total. The summed E-state index contributed by atoms with van der Waals surface area (Å²) in [7, 11) is 1.79. The van der Waals surface area contributed by atoms with Gasteiger partial charge in [-0.2, -0.15) is 0 Å². The van der Waals surface area contributed by atoms with Crippen LogP contribution in [0.2, 0.25) is 0 Å². The molecule has 19 heavy (non-hydrogen) atoms. The molecule has 3 aliphatic rings. The maximum absolute atomic E-state index is 12.5. The Balaban J connectivity index is 1.94. The van der Waals surface area contributed by atoms with E-state index in [-0.39, 0.29) is 24.0 Å². The lowest BCUT2D eigenvalue weighted by molar-refractivity contribution is -0.184. The van der Waals surface area contributed by atoms with Gasteiger partial charge >= 0.3 is 0 Å². The van der Waals surface area contributed by atoms with Gasteiger partial charge in [0.2, 0.25) is 0 Å². The van der Waals surface area contributed by atoms with Crippen molar-refractivity contribution < 1.29 is 14.3 Å². The summed E-state index contributed by atoms with van der Waals surface area (Å²) >= 11 is 0. The minimum atomic E-state index is -0.407. The van der Waals surface area contributed by atoms with E-state index in [0.717, 1.165) is 12.8 Å². The monoisotopic (exact) mass is 264 g/mol. The predicted molar refractivity (Wildman–Crippen MR) is 72.8 cm³/mol. The average molecular weight is 264 g/mol. The maximum Gasteiger partial charge on any atom is 0.144 e. The van der Waals surface area contributed by atoms with E-state index in [1.807, 2.05) is 13.8 Å². The zero-order valence-electron chi connectivity index (χ0n) is 12.1. The highest BCUT2D eigenvalue weighted by molar-refractivity contribution is 5.86. The summed E-state index contributed by atoms with van der Waals surface area (Å²) in [6.07, 6.45) is 9.09. The van der Waals surface area contributed by atoms with Gasteiger partial charge in [-0.1, -0.05) is 38.8 Å². The van der Waals surface area contributed by atoms with Crippen LogP contribution in [0, 0.1) is 17.8 Å². The molecule has 6 atom stereocenters. The summed E-state index contributed by atoms with van der Waals surface area (Å²) in [5.41, 5.74) is -0.407. The molecule has 0 spiro atoms. The van der Waals surface area contributed by atoms with E-state index >= 15 is 0 Å². The molecule has 2 heterocycles. The van der Waals surface area contributed by atoms with Crippen molar-refractivity contribution in [2.24, 2.45) is 17.8 Å². The van der Waals surface area contributed by atoms with Crippen molar-refractivity contribution in [3.8, 4) is 0 Å². The first-order valence-corrected chi connectivity index (χ1v) is 7.54. The van der Waals surface area contributed by atoms with Crippen LogP contribution in [0.3, 0.4) is 0 Å². The number of ether oxygens (including phenoxy) is 2. The first-order valence-electron chi connectivity index (χ1n) is 7.54. The van der Waals surface area contributed by atoms with Gasteiger partial charge in [-0.25, -0.2) is 0 Å². The minimum Gasteiger partial charge on any atom is -0.381 e. The topological polar surface area (TPSA) is 35.5 Å². The summed E-state index contributed by atoms with van der Waals surface area (Å²) in [4.78, 5) is 12.5. The Morgan fingerprint density at radius 3 is 2.79 bits per heavy atom. The van der Waals surface area contributed by atoms with Crippen molar-refractivity contribution in [2.75, 3.05) is 7.11 Å². The van der Waals surface area contributed by atoms with E-state index in [2.05, 4.69) is 12.2 Å². The number of hydrogen-bond donors (Lipinski definition) is 0. The molecule has 3 heteroatoms. The third-order valence-corrected chi connectivity index (χ3v) is 5.52. The lowest BCUT2D eigenvalue weighted by Gasteiger charge is -2.49. The highest BCUT2D eigenvalue weighted by Crippen LogP contribution is 2.50. The van der Waals surface area contributed by atoms with Gasteiger partial charge in [0.15, 0.2) is 0 Å². The molecule has 1 saturated carbocycles. The molecule has 2 fully saturated rings. The van der Waals surface area contributed by atoms with E-state index in [9.17, 15) is 4.79 Å². The molecule has 0 amide bonds. The molecule has 1 aliphatic carbocycles. The molecule has 0 N–H and O–H groups in total. The fourth-order valence-electron chi connectivity index (χ4n) is 4.28. The van der Waals surface area contributed by atoms with Gasteiger partial charge in [0.1, 0.15) is 11.4 Å². The molecule has 0 aromatic rings. The second-order valence-corrected chi connectivity index (χ2v) is 6.37. The number of hydrogen-bond acceptors (Lipinski definition) is 3. The molecule has 3 rings (SSSR count). The van der Waals surface area contributed by atoms with Crippen molar-refractivity contribution in [2.45, 2.75) is 57.3 Å². The maximum atomic E-state index is 12.5. The second-order valence-electron chi connectivity index (χ2n) is 6.37. The average Bonchev–Trinajstić information content (AvgIpc) is 2.87. The van der Waals surface area contributed by atoms with Crippen molar-refractivity contribution in [1.82, 2.24) is 0 Å². The quantitative estimate of drug-likeness (QED) is 0.719. The molecule has 0 aromatic heterocycles. The van der Waals surface area contributed by atoms with Crippen LogP contribution in [-0.2, 0) is 14.3 Å². The zero-order valence-corrected chi connectivity index (χ0v) is 12.1. The minimum absolute atomic E-state index is 0.00791. The molecule has 0 aromatic carbocycles. The van der Waals surface area contributed by atoms with Gasteiger partial charge in [0.05, 0.1) is 12.2 Å². The van der Waals surface area contributed by atoms with Crippen LogP contribution in [0.1, 0.15) is 39.5 Å². The van der Waals surface area contributed by atoms with Gasteiger partial charge in [0.25, 0.3) is 0 Å². The van der Waals surface area contributed by atoms with Crippen LogP contribution < -0.4 is 0 Å². The van der Waals surface area contributed by atoms with E-state index in [4.69, 9.17) is 9.47 Å². The first-order chi connectivity index (χ1) is 9.10. The van der Waals surface area contributed by atoms with Gasteiger partial charge in [-0.3, -0.25) is 4.79 Å². The lowest BCUT2D eigenvalue weighted by atomic mass is 9.67. The Bertz CT molecular complexity index is 403. The summed E-state index contributed by atoms with van der Waals surface area (Å²) in [6, 6.07) is 0. The van der Waals surface area contributed by atoms with Crippen molar-refractivity contribution >= 4 is 5.78 Å². The van der Waals surface area contributed by atoms with Crippen LogP contribution in [0.15, 0.2) is 12.2 Å².